The van der Waals surface area contributed by atoms with Crippen molar-refractivity contribution in [2.75, 3.05) is 36.1 Å². The van der Waals surface area contributed by atoms with Gasteiger partial charge in [0, 0.05) is 19.3 Å². The van der Waals surface area contributed by atoms with Gasteiger partial charge in [-0.2, -0.15) is 0 Å². The lowest BCUT2D eigenvalue weighted by molar-refractivity contribution is 0.340. The van der Waals surface area contributed by atoms with Gasteiger partial charge in [0.25, 0.3) is 0 Å². The fraction of sp³-hybridized carbons (Fsp3) is 0.211. The van der Waals surface area contributed by atoms with E-state index in [0.717, 1.165) is 0 Å². The molecule has 0 unspecified atom stereocenters. The average Bonchev–Trinajstić information content (AvgIpc) is 2.74. The molecule has 0 spiro atoms. The number of nitrogens with one attached hydrogen (secondary N) is 3. The van der Waals surface area contributed by atoms with Crippen molar-refractivity contribution in [1.29, 1.82) is 0 Å². The predicted octanol–water partition coefficient (Wildman–Crippen LogP) is 2.03. The summed E-state index contributed by atoms with van der Waals surface area (Å²) in [7, 11) is -3.42. The first kappa shape index (κ1) is 20.5. The number of anilines is 3. The largest absolute Gasteiger partial charge is 0.492 e. The molecule has 10 heteroatoms. The van der Waals surface area contributed by atoms with Crippen LogP contribution in [0.3, 0.4) is 0 Å². The molecule has 9 nitrogen and oxygen atoms in total. The first-order valence-corrected chi connectivity index (χ1v) is 10.7. The molecule has 0 fully saturated rings. The number of pyridine rings is 1. The minimum atomic E-state index is -3.42. The zero-order valence-electron chi connectivity index (χ0n) is 15.7. The Balaban J connectivity index is 1.35. The van der Waals surface area contributed by atoms with Gasteiger partial charge in [-0.05, 0) is 36.4 Å². The molecule has 0 amide bonds. The van der Waals surface area contributed by atoms with Crippen molar-refractivity contribution in [2.45, 2.75) is 0 Å². The molecule has 2 aromatic heterocycles. The van der Waals surface area contributed by atoms with Crippen LogP contribution in [-0.4, -0.2) is 49.0 Å². The van der Waals surface area contributed by atoms with Gasteiger partial charge < -0.3 is 15.4 Å². The van der Waals surface area contributed by atoms with Gasteiger partial charge in [0.2, 0.25) is 10.0 Å². The molecule has 0 saturated carbocycles. The average molecular weight is 414 g/mol. The molecule has 152 valence electrons. The van der Waals surface area contributed by atoms with E-state index in [4.69, 9.17) is 4.74 Å². The fourth-order valence-corrected chi connectivity index (χ4v) is 3.18. The number of hydrogen-bond donors (Lipinski definition) is 3. The van der Waals surface area contributed by atoms with E-state index in [1.165, 1.54) is 0 Å². The number of para-hydroxylation sites is 1. The van der Waals surface area contributed by atoms with Crippen LogP contribution in [0, 0.1) is 0 Å². The number of aromatic nitrogens is 3. The number of nitrogens with zero attached hydrogens (tertiary/aromatic N) is 3. The third kappa shape index (κ3) is 7.35. The van der Waals surface area contributed by atoms with Gasteiger partial charge in [0.05, 0.1) is 5.75 Å². The van der Waals surface area contributed by atoms with Crippen molar-refractivity contribution in [3.63, 3.8) is 0 Å². The summed E-state index contributed by atoms with van der Waals surface area (Å²) < 4.78 is 31.9. The molecule has 0 aliphatic heterocycles. The van der Waals surface area contributed by atoms with Crippen molar-refractivity contribution in [2.24, 2.45) is 0 Å². The minimum absolute atomic E-state index is 0.0863. The van der Waals surface area contributed by atoms with Gasteiger partial charge in [-0.3, -0.25) is 0 Å². The smallest absolute Gasteiger partial charge is 0.215 e. The Morgan fingerprint density at radius 2 is 1.59 bits per heavy atom. The summed E-state index contributed by atoms with van der Waals surface area (Å²) in [6.45, 7) is 0.687. The maximum Gasteiger partial charge on any atom is 0.215 e. The van der Waals surface area contributed by atoms with E-state index in [-0.39, 0.29) is 18.9 Å². The Morgan fingerprint density at radius 3 is 2.31 bits per heavy atom. The summed E-state index contributed by atoms with van der Waals surface area (Å²) in [5, 5.41) is 14.1. The maximum atomic E-state index is 12.0. The van der Waals surface area contributed by atoms with Gasteiger partial charge in [-0.25, -0.2) is 18.1 Å². The quantitative estimate of drug-likeness (QED) is 0.408. The molecule has 0 aliphatic rings. The van der Waals surface area contributed by atoms with E-state index < -0.39 is 10.0 Å². The third-order valence-corrected chi connectivity index (χ3v) is 5.05. The Morgan fingerprint density at radius 1 is 0.828 bits per heavy atom. The molecule has 0 atom stereocenters. The highest BCUT2D eigenvalue weighted by atomic mass is 32.2. The molecule has 0 bridgehead atoms. The molecule has 1 aromatic carbocycles. The number of rotatable bonds is 11. The topological polar surface area (TPSA) is 118 Å². The lowest BCUT2D eigenvalue weighted by atomic mass is 10.3. The van der Waals surface area contributed by atoms with E-state index >= 15 is 0 Å². The molecule has 2 heterocycles. The van der Waals surface area contributed by atoms with E-state index in [1.807, 2.05) is 36.4 Å². The minimum Gasteiger partial charge on any atom is -0.492 e. The fourth-order valence-electron chi connectivity index (χ4n) is 2.32. The molecular weight excluding hydrogens is 392 g/mol. The molecule has 3 rings (SSSR count). The number of hydrogen-bond acceptors (Lipinski definition) is 8. The first-order valence-electron chi connectivity index (χ1n) is 9.02. The second-order valence-electron chi connectivity index (χ2n) is 5.95. The van der Waals surface area contributed by atoms with Crippen molar-refractivity contribution in [1.82, 2.24) is 19.9 Å². The van der Waals surface area contributed by atoms with Gasteiger partial charge in [-0.15, -0.1) is 10.2 Å². The highest BCUT2D eigenvalue weighted by Gasteiger charge is 2.09. The third-order valence-electron chi connectivity index (χ3n) is 3.70. The van der Waals surface area contributed by atoms with E-state index in [9.17, 15) is 8.42 Å². The Labute approximate surface area is 169 Å². The van der Waals surface area contributed by atoms with Gasteiger partial charge in [0.1, 0.15) is 24.0 Å². The van der Waals surface area contributed by atoms with Crippen LogP contribution in [0.25, 0.3) is 0 Å². The van der Waals surface area contributed by atoms with E-state index in [1.54, 1.807) is 30.5 Å². The molecule has 0 saturated heterocycles. The Bertz CT molecular complexity index is 970. The molecule has 3 aromatic rings. The SMILES string of the molecule is O=S(=O)(CCOc1ccccc1)NCCNc1ccc(Nc2ccccn2)nn1. The lowest BCUT2D eigenvalue weighted by Crippen LogP contribution is -2.32. The van der Waals surface area contributed by atoms with E-state index in [0.29, 0.717) is 29.7 Å². The summed E-state index contributed by atoms with van der Waals surface area (Å²) in [4.78, 5) is 4.15. The van der Waals surface area contributed by atoms with Crippen LogP contribution in [0.1, 0.15) is 0 Å². The number of ether oxygens (including phenoxy) is 1. The van der Waals surface area contributed by atoms with Gasteiger partial charge in [0.15, 0.2) is 5.82 Å². The predicted molar refractivity (Wildman–Crippen MR) is 112 cm³/mol. The number of benzene rings is 1. The second-order valence-corrected chi connectivity index (χ2v) is 7.87. The first-order chi connectivity index (χ1) is 14.1. The molecule has 3 N–H and O–H groups in total. The zero-order valence-corrected chi connectivity index (χ0v) is 16.5. The van der Waals surface area contributed by atoms with Crippen LogP contribution >= 0.6 is 0 Å². The van der Waals surface area contributed by atoms with Crippen LogP contribution in [0.4, 0.5) is 17.5 Å². The zero-order chi connectivity index (χ0) is 20.4. The van der Waals surface area contributed by atoms with Crippen LogP contribution in [-0.2, 0) is 10.0 Å². The second kappa shape index (κ2) is 10.3. The molecule has 29 heavy (non-hydrogen) atoms. The summed E-state index contributed by atoms with van der Waals surface area (Å²) in [6, 6.07) is 18.1. The summed E-state index contributed by atoms with van der Waals surface area (Å²) >= 11 is 0. The molecule has 0 aliphatic carbocycles. The molecule has 0 radical (unpaired) electrons. The van der Waals surface area contributed by atoms with Crippen molar-refractivity contribution in [3.8, 4) is 5.75 Å². The Kier molecular flexibility index (Phi) is 7.31. The van der Waals surface area contributed by atoms with Crippen molar-refractivity contribution < 1.29 is 13.2 Å². The summed E-state index contributed by atoms with van der Waals surface area (Å²) in [6.07, 6.45) is 1.68. The van der Waals surface area contributed by atoms with Crippen LogP contribution in [0.15, 0.2) is 66.9 Å². The monoisotopic (exact) mass is 414 g/mol. The lowest BCUT2D eigenvalue weighted by Gasteiger charge is -2.09. The van der Waals surface area contributed by atoms with Gasteiger partial charge >= 0.3 is 0 Å². The maximum absolute atomic E-state index is 12.0. The van der Waals surface area contributed by atoms with Crippen LogP contribution in [0.5, 0.6) is 5.75 Å². The van der Waals surface area contributed by atoms with Gasteiger partial charge in [-0.1, -0.05) is 24.3 Å². The molecular formula is C19H22N6O3S. The summed E-state index contributed by atoms with van der Waals surface area (Å²) in [5.41, 5.74) is 0. The van der Waals surface area contributed by atoms with Crippen LogP contribution in [0.2, 0.25) is 0 Å². The standard InChI is InChI=1S/C19H22N6O3S/c26-29(27,15-14-28-16-6-2-1-3-7-16)22-13-12-21-18-9-10-19(25-24-18)23-17-8-4-5-11-20-17/h1-11,22H,12-15H2,(H,21,24)(H,20,23,25). The number of sulfonamides is 1. The normalized spacial score (nSPS) is 11.0. The van der Waals surface area contributed by atoms with Crippen molar-refractivity contribution >= 4 is 27.5 Å². The van der Waals surface area contributed by atoms with E-state index in [2.05, 4.69) is 30.5 Å². The highest BCUT2D eigenvalue weighted by molar-refractivity contribution is 7.89. The van der Waals surface area contributed by atoms with Crippen LogP contribution < -0.4 is 20.1 Å². The highest BCUT2D eigenvalue weighted by Crippen LogP contribution is 2.11. The van der Waals surface area contributed by atoms with Crippen molar-refractivity contribution in [3.05, 3.63) is 66.9 Å². The Hall–Kier alpha value is -3.24. The summed E-state index contributed by atoms with van der Waals surface area (Å²) in [5.74, 6) is 2.31.